The molecule has 7 rings (SSSR count). The van der Waals surface area contributed by atoms with Crippen LogP contribution in [0.1, 0.15) is 79.9 Å². The zero-order chi connectivity index (χ0) is 36.1. The van der Waals surface area contributed by atoms with Crippen molar-refractivity contribution in [3.8, 4) is 5.75 Å². The van der Waals surface area contributed by atoms with Crippen molar-refractivity contribution in [3.05, 3.63) is 70.8 Å². The van der Waals surface area contributed by atoms with Crippen LogP contribution in [0.15, 0.2) is 52.9 Å². The monoisotopic (exact) mass is 718 g/mol. The molecule has 1 unspecified atom stereocenters. The van der Waals surface area contributed by atoms with Gasteiger partial charge in [-0.25, -0.2) is 9.00 Å². The highest BCUT2D eigenvalue weighted by Gasteiger charge is 2.45. The number of nitrogens with zero attached hydrogens (tertiary/aromatic N) is 3. The van der Waals surface area contributed by atoms with Crippen LogP contribution in [-0.4, -0.2) is 83.5 Å². The minimum absolute atomic E-state index is 0.0167. The van der Waals surface area contributed by atoms with Gasteiger partial charge in [-0.05, 0) is 106 Å². The summed E-state index contributed by atoms with van der Waals surface area (Å²) in [6, 6.07) is 11.7. The number of aryl methyl sites for hydroxylation is 2. The standard InChI is InChI=1S/C40H54N4O6S/c1-26-11-15-33-28(18-26)9-7-17-40(33)24-44-20-30-12-14-32(30)35(49-5)10-6-8-27(2)23-51(48,42-38(46)43-21-31(22-43)39(3,4)47)41-37(45)29-13-16-36(50-25-40)34(44)19-29/h6,10-11,13,15-16,18-19,27,30-32,35,47H,7-9,12,14,17,20-25H2,1-5H3,(H,41,42,45,46,48)/b10-6+/t27-,30-,32+,35-,40-,51?/m0/s1. The maximum atomic E-state index is 14.5. The van der Waals surface area contributed by atoms with Crippen LogP contribution in [0.3, 0.4) is 0 Å². The van der Waals surface area contributed by atoms with Crippen molar-refractivity contribution in [1.29, 1.82) is 0 Å². The molecule has 2 bridgehead atoms. The van der Waals surface area contributed by atoms with Gasteiger partial charge in [-0.2, -0.15) is 0 Å². The summed E-state index contributed by atoms with van der Waals surface area (Å²) in [6.45, 7) is 10.3. The first-order chi connectivity index (χ1) is 24.3. The van der Waals surface area contributed by atoms with Gasteiger partial charge in [0.15, 0.2) is 0 Å². The van der Waals surface area contributed by atoms with Gasteiger partial charge >= 0.3 is 6.03 Å². The van der Waals surface area contributed by atoms with Crippen molar-refractivity contribution in [2.75, 3.05) is 50.5 Å². The third-order valence-electron chi connectivity index (χ3n) is 12.1. The van der Waals surface area contributed by atoms with E-state index in [4.69, 9.17) is 9.47 Å². The molecule has 1 saturated carbocycles. The average Bonchev–Trinajstić information content (AvgIpc) is 3.17. The van der Waals surface area contributed by atoms with Crippen LogP contribution < -0.4 is 14.4 Å². The number of amides is 3. The Bertz CT molecular complexity index is 1820. The van der Waals surface area contributed by atoms with Gasteiger partial charge in [0.05, 0.1) is 29.8 Å². The highest BCUT2D eigenvalue weighted by Crippen LogP contribution is 2.47. The Labute approximate surface area is 303 Å². The molecule has 51 heavy (non-hydrogen) atoms. The van der Waals surface area contributed by atoms with Gasteiger partial charge in [0.1, 0.15) is 15.7 Å². The van der Waals surface area contributed by atoms with E-state index in [0.717, 1.165) is 56.6 Å². The number of benzene rings is 2. The Morgan fingerprint density at radius 3 is 2.69 bits per heavy atom. The molecule has 2 fully saturated rings. The Hall–Kier alpha value is -3.41. The van der Waals surface area contributed by atoms with Crippen molar-refractivity contribution in [3.63, 3.8) is 0 Å². The number of fused-ring (bicyclic) bond motifs is 4. The third-order valence-corrected chi connectivity index (χ3v) is 14.1. The van der Waals surface area contributed by atoms with E-state index in [2.05, 4.69) is 51.3 Å². The largest absolute Gasteiger partial charge is 0.490 e. The molecule has 3 amide bonds. The first-order valence-electron chi connectivity index (χ1n) is 18.7. The van der Waals surface area contributed by atoms with Crippen molar-refractivity contribution in [2.45, 2.75) is 83.3 Å². The zero-order valence-electron chi connectivity index (χ0n) is 30.7. The molecule has 11 heteroatoms. The first kappa shape index (κ1) is 36.0. The van der Waals surface area contributed by atoms with Gasteiger partial charge in [-0.1, -0.05) is 42.8 Å². The predicted octanol–water partition coefficient (Wildman–Crippen LogP) is 6.04. The fourth-order valence-corrected chi connectivity index (χ4v) is 10.7. The molecule has 5 aliphatic rings. The van der Waals surface area contributed by atoms with Crippen LogP contribution in [0.25, 0.3) is 0 Å². The second-order valence-electron chi connectivity index (χ2n) is 16.5. The molecule has 2 aliphatic carbocycles. The minimum Gasteiger partial charge on any atom is -0.490 e. The van der Waals surface area contributed by atoms with E-state index < -0.39 is 27.5 Å². The van der Waals surface area contributed by atoms with Crippen LogP contribution in [0.4, 0.5) is 10.5 Å². The predicted molar refractivity (Wildman–Crippen MR) is 200 cm³/mol. The number of rotatable bonds is 3. The van der Waals surface area contributed by atoms with Crippen molar-refractivity contribution >= 4 is 27.5 Å². The Balaban J connectivity index is 1.26. The van der Waals surface area contributed by atoms with Crippen LogP contribution in [0, 0.1) is 30.6 Å². The number of carbonyl (C=O) groups is 2. The number of aliphatic hydroxyl groups is 1. The van der Waals surface area contributed by atoms with Crippen LogP contribution >= 0.6 is 0 Å². The molecular formula is C40H54N4O6S. The summed E-state index contributed by atoms with van der Waals surface area (Å²) in [5, 5.41) is 10.4. The molecule has 6 atom stereocenters. The van der Waals surface area contributed by atoms with Crippen LogP contribution in [0.5, 0.6) is 5.75 Å². The molecule has 2 N–H and O–H groups in total. The van der Waals surface area contributed by atoms with Gasteiger partial charge in [0, 0.05) is 50.2 Å². The minimum atomic E-state index is -3.50. The van der Waals surface area contributed by atoms with E-state index in [1.807, 2.05) is 19.1 Å². The number of hydrogen-bond acceptors (Lipinski definition) is 7. The molecule has 2 aromatic carbocycles. The quantitative estimate of drug-likeness (QED) is 0.372. The lowest BCUT2D eigenvalue weighted by molar-refractivity contribution is -0.0450. The second kappa shape index (κ2) is 13.9. The highest BCUT2D eigenvalue weighted by molar-refractivity contribution is 7.92. The summed E-state index contributed by atoms with van der Waals surface area (Å²) < 4.78 is 34.2. The van der Waals surface area contributed by atoms with E-state index in [1.165, 1.54) is 21.6 Å². The van der Waals surface area contributed by atoms with E-state index in [1.54, 1.807) is 27.0 Å². The number of ether oxygens (including phenoxy) is 2. The number of likely N-dealkylation sites (tertiary alicyclic amines) is 1. The Morgan fingerprint density at radius 1 is 1.16 bits per heavy atom. The molecule has 276 valence electrons. The Kier molecular flexibility index (Phi) is 9.77. The summed E-state index contributed by atoms with van der Waals surface area (Å²) >= 11 is 0. The molecule has 0 aromatic heterocycles. The van der Waals surface area contributed by atoms with E-state index >= 15 is 0 Å². The van der Waals surface area contributed by atoms with Crippen LogP contribution in [0.2, 0.25) is 0 Å². The van der Waals surface area contributed by atoms with E-state index in [-0.39, 0.29) is 29.1 Å². The lowest BCUT2D eigenvalue weighted by Crippen LogP contribution is -2.60. The molecule has 10 nitrogen and oxygen atoms in total. The number of methoxy groups -OCH3 is 1. The van der Waals surface area contributed by atoms with Gasteiger partial charge in [-0.15, -0.1) is 4.36 Å². The third kappa shape index (κ3) is 7.31. The number of nitrogens with one attached hydrogen (secondary N) is 1. The second-order valence-corrected chi connectivity index (χ2v) is 18.5. The summed E-state index contributed by atoms with van der Waals surface area (Å²) in [6.07, 6.45) is 10.1. The van der Waals surface area contributed by atoms with Crippen molar-refractivity contribution < 1.29 is 28.4 Å². The molecule has 3 heterocycles. The molecule has 1 spiro atoms. The maximum absolute atomic E-state index is 14.5. The number of hydrogen-bond donors (Lipinski definition) is 2. The smallest absolute Gasteiger partial charge is 0.329 e. The van der Waals surface area contributed by atoms with Gasteiger partial charge in [0.25, 0.3) is 5.91 Å². The molecule has 3 aliphatic heterocycles. The first-order valence-corrected chi connectivity index (χ1v) is 20.3. The Morgan fingerprint density at radius 2 is 1.96 bits per heavy atom. The SMILES string of the molecule is CO[C@H]1/C=C/C[C@H](C)CS(=O)(NC(=O)N2CC(C(C)(C)O)C2)=NC(=O)c2ccc3c(c2)N(C[C@@H]2CC[C@H]21)C[C@@]1(CCCc2cc(C)ccc21)CO3. The maximum Gasteiger partial charge on any atom is 0.329 e. The topological polar surface area (TPSA) is 121 Å². The fourth-order valence-electron chi connectivity index (χ4n) is 8.82. The zero-order valence-corrected chi connectivity index (χ0v) is 31.5. The molecule has 2 aromatic rings. The molecular weight excluding hydrogens is 665 g/mol. The summed E-state index contributed by atoms with van der Waals surface area (Å²) in [5.74, 6) is 0.654. The average molecular weight is 719 g/mol. The van der Waals surface area contributed by atoms with Gasteiger partial charge in [0.2, 0.25) is 0 Å². The van der Waals surface area contributed by atoms with Crippen LogP contribution in [-0.2, 0) is 26.5 Å². The number of urea groups is 1. The molecule has 0 radical (unpaired) electrons. The number of allylic oxidation sites excluding steroid dienone is 1. The number of anilines is 1. The van der Waals surface area contributed by atoms with E-state index in [9.17, 15) is 18.9 Å². The summed E-state index contributed by atoms with van der Waals surface area (Å²) in [7, 11) is -1.73. The lowest BCUT2D eigenvalue weighted by atomic mass is 9.68. The van der Waals surface area contributed by atoms with Gasteiger partial charge in [-0.3, -0.25) is 9.52 Å². The summed E-state index contributed by atoms with van der Waals surface area (Å²) in [5.41, 5.74) is 4.04. The number of carbonyl (C=O) groups excluding carboxylic acids is 2. The van der Waals surface area contributed by atoms with Crippen molar-refractivity contribution in [1.82, 2.24) is 9.62 Å². The summed E-state index contributed by atoms with van der Waals surface area (Å²) in [4.78, 5) is 31.3. The van der Waals surface area contributed by atoms with Crippen molar-refractivity contribution in [2.24, 2.45) is 28.0 Å². The van der Waals surface area contributed by atoms with Gasteiger partial charge < -0.3 is 24.4 Å². The van der Waals surface area contributed by atoms with E-state index in [0.29, 0.717) is 43.5 Å². The lowest BCUT2D eigenvalue weighted by Gasteiger charge is -2.46. The fraction of sp³-hybridized carbons (Fsp3) is 0.600. The molecule has 1 saturated heterocycles. The highest BCUT2D eigenvalue weighted by atomic mass is 32.2. The normalized spacial score (nSPS) is 31.9.